The van der Waals surface area contributed by atoms with Crippen molar-refractivity contribution in [3.05, 3.63) is 65.4 Å². The maximum atomic E-state index is 12.8. The summed E-state index contributed by atoms with van der Waals surface area (Å²) in [6.45, 7) is 0.240. The van der Waals surface area contributed by atoms with Crippen LogP contribution in [-0.2, 0) is 16.1 Å². The third kappa shape index (κ3) is 3.78. The van der Waals surface area contributed by atoms with E-state index in [2.05, 4.69) is 15.6 Å². The first-order valence-corrected chi connectivity index (χ1v) is 10.5. The van der Waals surface area contributed by atoms with Crippen molar-refractivity contribution in [3.63, 3.8) is 0 Å². The Hall–Kier alpha value is -4.27. The molecule has 2 N–H and O–H groups in total. The molecule has 1 saturated heterocycles. The molecular formula is C24H20N4O5. The molecule has 4 amide bonds. The van der Waals surface area contributed by atoms with E-state index in [1.165, 1.54) is 11.1 Å². The highest BCUT2D eigenvalue weighted by Crippen LogP contribution is 2.29. The fraction of sp³-hybridized carbons (Fsp3) is 0.208. The van der Waals surface area contributed by atoms with Crippen molar-refractivity contribution < 1.29 is 23.9 Å². The lowest BCUT2D eigenvalue weighted by Crippen LogP contribution is -2.52. The minimum Gasteiger partial charge on any atom is -0.497 e. The zero-order valence-corrected chi connectivity index (χ0v) is 17.8. The largest absolute Gasteiger partial charge is 0.497 e. The second-order valence-electron chi connectivity index (χ2n) is 8.01. The summed E-state index contributed by atoms with van der Waals surface area (Å²) in [5.41, 5.74) is 2.85. The highest BCUT2D eigenvalue weighted by atomic mass is 16.5. The summed E-state index contributed by atoms with van der Waals surface area (Å²) in [4.78, 5) is 55.0. The molecule has 0 radical (unpaired) electrons. The number of pyridine rings is 1. The van der Waals surface area contributed by atoms with Crippen molar-refractivity contribution in [1.29, 1.82) is 0 Å². The van der Waals surface area contributed by atoms with E-state index in [4.69, 9.17) is 4.74 Å². The minimum atomic E-state index is -0.678. The van der Waals surface area contributed by atoms with Crippen LogP contribution in [0.2, 0.25) is 0 Å². The molecule has 1 atom stereocenters. The molecule has 5 rings (SSSR count). The topological polar surface area (TPSA) is 118 Å². The lowest BCUT2D eigenvalue weighted by molar-refractivity contribution is -0.136. The Kier molecular flexibility index (Phi) is 5.01. The molecule has 0 aliphatic carbocycles. The predicted molar refractivity (Wildman–Crippen MR) is 119 cm³/mol. The lowest BCUT2D eigenvalue weighted by atomic mass is 10.0. The maximum Gasteiger partial charge on any atom is 0.257 e. The molecule has 1 aromatic heterocycles. The number of piperidine rings is 1. The van der Waals surface area contributed by atoms with Gasteiger partial charge >= 0.3 is 0 Å². The number of imide groups is 1. The molecule has 9 nitrogen and oxygen atoms in total. The lowest BCUT2D eigenvalue weighted by Gasteiger charge is -2.29. The third-order valence-corrected chi connectivity index (χ3v) is 5.93. The summed E-state index contributed by atoms with van der Waals surface area (Å²) in [7, 11) is 1.58. The van der Waals surface area contributed by atoms with Gasteiger partial charge in [-0.15, -0.1) is 0 Å². The molecule has 0 spiro atoms. The first-order chi connectivity index (χ1) is 15.9. The molecule has 2 aliphatic heterocycles. The number of methoxy groups -OCH3 is 1. The fourth-order valence-corrected chi connectivity index (χ4v) is 4.21. The van der Waals surface area contributed by atoms with Crippen LogP contribution < -0.4 is 15.4 Å². The molecular weight excluding hydrogens is 424 g/mol. The number of hydrogen-bond acceptors (Lipinski definition) is 6. The van der Waals surface area contributed by atoms with E-state index >= 15 is 0 Å². The molecule has 0 saturated carbocycles. The Labute approximate surface area is 188 Å². The Morgan fingerprint density at radius 3 is 2.79 bits per heavy atom. The molecule has 0 bridgehead atoms. The van der Waals surface area contributed by atoms with Gasteiger partial charge in [0.2, 0.25) is 11.8 Å². The quantitative estimate of drug-likeness (QED) is 0.596. The van der Waals surface area contributed by atoms with Gasteiger partial charge in [-0.3, -0.25) is 29.5 Å². The zero-order valence-electron chi connectivity index (χ0n) is 17.8. The molecule has 3 heterocycles. The third-order valence-electron chi connectivity index (χ3n) is 5.93. The molecule has 3 aromatic rings. The van der Waals surface area contributed by atoms with E-state index in [1.807, 2.05) is 6.07 Å². The van der Waals surface area contributed by atoms with Gasteiger partial charge in [-0.1, -0.05) is 0 Å². The van der Waals surface area contributed by atoms with Crippen molar-refractivity contribution in [3.8, 4) is 5.75 Å². The minimum absolute atomic E-state index is 0.199. The number of hydrogen-bond donors (Lipinski definition) is 2. The average Bonchev–Trinajstić information content (AvgIpc) is 3.13. The molecule has 1 fully saturated rings. The van der Waals surface area contributed by atoms with Crippen LogP contribution in [0.1, 0.15) is 39.1 Å². The highest BCUT2D eigenvalue weighted by molar-refractivity contribution is 6.07. The number of benzene rings is 2. The standard InChI is InChI=1S/C24H20N4O5/c1-33-17-4-2-13-8-14(11-25-19(13)10-17)22(30)26-16-3-5-18-15(9-16)12-28(24(18)32)20-6-7-21(29)27-23(20)31/h2-5,8-11,20H,6-7,12H2,1H3,(H,26,30)(H,27,29,31). The van der Waals surface area contributed by atoms with Crippen LogP contribution in [0.3, 0.4) is 0 Å². The number of nitrogens with one attached hydrogen (secondary N) is 2. The number of aromatic nitrogens is 1. The average molecular weight is 444 g/mol. The number of fused-ring (bicyclic) bond motifs is 2. The number of nitrogens with zero attached hydrogens (tertiary/aromatic N) is 2. The number of ether oxygens (including phenoxy) is 1. The summed E-state index contributed by atoms with van der Waals surface area (Å²) in [5, 5.41) is 5.94. The number of rotatable bonds is 4. The van der Waals surface area contributed by atoms with E-state index in [1.54, 1.807) is 43.5 Å². The van der Waals surface area contributed by atoms with Gasteiger partial charge in [0, 0.05) is 41.9 Å². The van der Waals surface area contributed by atoms with E-state index in [0.717, 1.165) is 10.9 Å². The smallest absolute Gasteiger partial charge is 0.257 e. The Balaban J connectivity index is 1.33. The molecule has 166 valence electrons. The van der Waals surface area contributed by atoms with Crippen molar-refractivity contribution in [2.24, 2.45) is 0 Å². The van der Waals surface area contributed by atoms with E-state index in [-0.39, 0.29) is 30.7 Å². The van der Waals surface area contributed by atoms with Crippen LogP contribution in [0.15, 0.2) is 48.7 Å². The first-order valence-electron chi connectivity index (χ1n) is 10.5. The van der Waals surface area contributed by atoms with Gasteiger partial charge in [0.25, 0.3) is 11.8 Å². The van der Waals surface area contributed by atoms with Crippen molar-refractivity contribution in [2.75, 3.05) is 12.4 Å². The van der Waals surface area contributed by atoms with Gasteiger partial charge in [0.1, 0.15) is 11.8 Å². The van der Waals surface area contributed by atoms with Crippen LogP contribution >= 0.6 is 0 Å². The summed E-state index contributed by atoms with van der Waals surface area (Å²) >= 11 is 0. The Morgan fingerprint density at radius 1 is 1.15 bits per heavy atom. The van der Waals surface area contributed by atoms with Gasteiger partial charge in [-0.25, -0.2) is 0 Å². The predicted octanol–water partition coefficient (Wildman–Crippen LogP) is 2.26. The van der Waals surface area contributed by atoms with Crippen molar-refractivity contribution in [2.45, 2.75) is 25.4 Å². The molecule has 2 aliphatic rings. The van der Waals surface area contributed by atoms with Crippen LogP contribution in [0, 0.1) is 0 Å². The normalized spacial score (nSPS) is 17.7. The highest BCUT2D eigenvalue weighted by Gasteiger charge is 2.39. The van der Waals surface area contributed by atoms with Crippen LogP contribution in [0.25, 0.3) is 10.9 Å². The number of anilines is 1. The number of amides is 4. The molecule has 1 unspecified atom stereocenters. The van der Waals surface area contributed by atoms with Crippen LogP contribution in [-0.4, -0.2) is 46.7 Å². The monoisotopic (exact) mass is 444 g/mol. The second-order valence-corrected chi connectivity index (χ2v) is 8.01. The zero-order chi connectivity index (χ0) is 23.1. The molecule has 2 aromatic carbocycles. The van der Waals surface area contributed by atoms with Gasteiger partial charge < -0.3 is 15.0 Å². The van der Waals surface area contributed by atoms with Crippen molar-refractivity contribution >= 4 is 40.2 Å². The fourth-order valence-electron chi connectivity index (χ4n) is 4.21. The van der Waals surface area contributed by atoms with E-state index in [0.29, 0.717) is 34.5 Å². The van der Waals surface area contributed by atoms with Gasteiger partial charge in [-0.2, -0.15) is 0 Å². The molecule has 33 heavy (non-hydrogen) atoms. The number of carbonyl (C=O) groups excluding carboxylic acids is 4. The summed E-state index contributed by atoms with van der Waals surface area (Å²) in [6, 6.07) is 11.5. The van der Waals surface area contributed by atoms with Gasteiger partial charge in [0.05, 0.1) is 18.2 Å². The van der Waals surface area contributed by atoms with Gasteiger partial charge in [-0.05, 0) is 48.4 Å². The maximum absolute atomic E-state index is 12.8. The SMILES string of the molecule is COc1ccc2cc(C(=O)Nc3ccc4c(c3)CN(C3CCC(=O)NC3=O)C4=O)cnc2c1. The van der Waals surface area contributed by atoms with E-state index < -0.39 is 11.9 Å². The first kappa shape index (κ1) is 20.6. The second kappa shape index (κ2) is 8.01. The summed E-state index contributed by atoms with van der Waals surface area (Å²) in [5.74, 6) is -0.681. The van der Waals surface area contributed by atoms with Gasteiger partial charge in [0.15, 0.2) is 0 Å². The summed E-state index contributed by atoms with van der Waals surface area (Å²) in [6.07, 6.45) is 2.00. The van der Waals surface area contributed by atoms with Crippen molar-refractivity contribution in [1.82, 2.24) is 15.2 Å². The van der Waals surface area contributed by atoms with Crippen LogP contribution in [0.5, 0.6) is 5.75 Å². The van der Waals surface area contributed by atoms with Crippen LogP contribution in [0.4, 0.5) is 5.69 Å². The Bertz CT molecular complexity index is 1340. The Morgan fingerprint density at radius 2 is 2.00 bits per heavy atom. The number of carbonyl (C=O) groups is 4. The molecule has 9 heteroatoms. The summed E-state index contributed by atoms with van der Waals surface area (Å²) < 4.78 is 5.20. The van der Waals surface area contributed by atoms with E-state index in [9.17, 15) is 19.2 Å².